The number of allylic oxidation sites excluding steroid dienone is 2. The van der Waals surface area contributed by atoms with Crippen LogP contribution < -0.4 is 0 Å². The maximum Gasteiger partial charge on any atom is -0.000724 e. The number of thioether (sulfide) groups is 1. The maximum atomic E-state index is 2.38. The molecule has 0 aromatic heterocycles. The van der Waals surface area contributed by atoms with Crippen molar-refractivity contribution in [3.63, 3.8) is 0 Å². The summed E-state index contributed by atoms with van der Waals surface area (Å²) < 4.78 is 0. The molecule has 0 spiro atoms. The summed E-state index contributed by atoms with van der Waals surface area (Å²) in [6.07, 6.45) is 10.7. The zero-order valence-electron chi connectivity index (χ0n) is 7.97. The van der Waals surface area contributed by atoms with Gasteiger partial charge in [0, 0.05) is 0 Å². The van der Waals surface area contributed by atoms with E-state index in [1.807, 2.05) is 11.8 Å². The van der Waals surface area contributed by atoms with Crippen molar-refractivity contribution in [1.82, 2.24) is 0 Å². The Hall–Kier alpha value is 0.0900. The van der Waals surface area contributed by atoms with Crippen LogP contribution in [-0.2, 0) is 0 Å². The second kappa shape index (κ2) is 8.19. The molecule has 0 nitrogen and oxygen atoms in total. The highest BCUT2D eigenvalue weighted by atomic mass is 32.2. The number of hydrogen-bond donors (Lipinski definition) is 0. The fraction of sp³-hybridized carbons (Fsp3) is 0.800. The van der Waals surface area contributed by atoms with Gasteiger partial charge in [-0.25, -0.2) is 0 Å². The Kier molecular flexibility index (Phi) is 8.26. The lowest BCUT2D eigenvalue weighted by atomic mass is 10.1. The van der Waals surface area contributed by atoms with Gasteiger partial charge in [-0.2, -0.15) is 11.8 Å². The Morgan fingerprint density at radius 1 is 1.36 bits per heavy atom. The summed E-state index contributed by atoms with van der Waals surface area (Å²) in [5.41, 5.74) is 0. The number of rotatable bonds is 6. The topological polar surface area (TPSA) is 0 Å². The largest absolute Gasteiger partial charge is 0.165 e. The van der Waals surface area contributed by atoms with Gasteiger partial charge >= 0.3 is 0 Å². The van der Waals surface area contributed by atoms with Crippen LogP contribution >= 0.6 is 11.8 Å². The molecule has 0 amide bonds. The molecular formula is C10H20S. The Balaban J connectivity index is 3.58. The fourth-order valence-electron chi connectivity index (χ4n) is 1.15. The number of hydrogen-bond acceptors (Lipinski definition) is 1. The molecule has 0 N–H and O–H groups in total. The molecule has 0 heterocycles. The predicted molar refractivity (Wildman–Crippen MR) is 56.2 cm³/mol. The molecule has 0 aliphatic carbocycles. The summed E-state index contributed by atoms with van der Waals surface area (Å²) >= 11 is 1.95. The molecule has 0 rings (SSSR count). The van der Waals surface area contributed by atoms with Crippen LogP contribution in [0.4, 0.5) is 0 Å². The van der Waals surface area contributed by atoms with Crippen LogP contribution in [0.1, 0.15) is 33.1 Å². The van der Waals surface area contributed by atoms with Gasteiger partial charge in [-0.3, -0.25) is 0 Å². The van der Waals surface area contributed by atoms with Crippen molar-refractivity contribution >= 4 is 11.8 Å². The van der Waals surface area contributed by atoms with Gasteiger partial charge in [-0.05, 0) is 30.8 Å². The molecule has 0 saturated heterocycles. The van der Waals surface area contributed by atoms with E-state index in [9.17, 15) is 0 Å². The van der Waals surface area contributed by atoms with E-state index in [4.69, 9.17) is 0 Å². The average molecular weight is 172 g/mol. The minimum absolute atomic E-state index is 0.815. The third-order valence-electron chi connectivity index (χ3n) is 1.68. The van der Waals surface area contributed by atoms with Gasteiger partial charge in [-0.1, -0.05) is 32.4 Å². The van der Waals surface area contributed by atoms with E-state index in [1.54, 1.807) is 0 Å². The van der Waals surface area contributed by atoms with Crippen molar-refractivity contribution in [3.8, 4) is 0 Å². The smallest absolute Gasteiger partial charge is 0.000724 e. The Morgan fingerprint density at radius 2 is 2.09 bits per heavy atom. The normalized spacial score (nSPS) is 14.1. The van der Waals surface area contributed by atoms with Gasteiger partial charge in [-0.15, -0.1) is 0 Å². The summed E-state index contributed by atoms with van der Waals surface area (Å²) in [7, 11) is 0. The van der Waals surface area contributed by atoms with Crippen LogP contribution in [-0.4, -0.2) is 12.0 Å². The summed E-state index contributed by atoms with van der Waals surface area (Å²) in [6.45, 7) is 4.45. The molecular weight excluding hydrogens is 152 g/mol. The van der Waals surface area contributed by atoms with Gasteiger partial charge in [0.1, 0.15) is 0 Å². The molecule has 11 heavy (non-hydrogen) atoms. The van der Waals surface area contributed by atoms with E-state index in [0.29, 0.717) is 0 Å². The highest BCUT2D eigenvalue weighted by Crippen LogP contribution is 2.13. The second-order valence-electron chi connectivity index (χ2n) is 2.84. The molecule has 1 heteroatoms. The zero-order valence-corrected chi connectivity index (χ0v) is 8.79. The molecule has 0 aromatic carbocycles. The van der Waals surface area contributed by atoms with Crippen molar-refractivity contribution in [1.29, 1.82) is 0 Å². The zero-order chi connectivity index (χ0) is 8.53. The first kappa shape index (κ1) is 11.1. The molecule has 0 fully saturated rings. The first-order valence-corrected chi connectivity index (χ1v) is 5.90. The summed E-state index contributed by atoms with van der Waals surface area (Å²) in [5, 5.41) is 0. The standard InChI is InChI=1S/C10H20S/c1-4-6-8-10(7-5-2)9-11-3/h6,8,10H,4-5,7,9H2,1-3H3/b8-6-. The molecule has 0 saturated carbocycles. The van der Waals surface area contributed by atoms with E-state index in [1.165, 1.54) is 25.0 Å². The Morgan fingerprint density at radius 3 is 2.55 bits per heavy atom. The molecule has 1 atom stereocenters. The Labute approximate surface area is 75.5 Å². The van der Waals surface area contributed by atoms with Crippen LogP contribution in [0.15, 0.2) is 12.2 Å². The van der Waals surface area contributed by atoms with Crippen molar-refractivity contribution in [2.45, 2.75) is 33.1 Å². The predicted octanol–water partition coefficient (Wildman–Crippen LogP) is 3.73. The molecule has 0 aliphatic rings. The second-order valence-corrected chi connectivity index (χ2v) is 3.75. The van der Waals surface area contributed by atoms with Crippen LogP contribution in [0.2, 0.25) is 0 Å². The van der Waals surface area contributed by atoms with E-state index in [-0.39, 0.29) is 0 Å². The van der Waals surface area contributed by atoms with Crippen LogP contribution in [0.25, 0.3) is 0 Å². The molecule has 66 valence electrons. The lowest BCUT2D eigenvalue weighted by Crippen LogP contribution is -1.98. The highest BCUT2D eigenvalue weighted by molar-refractivity contribution is 7.98. The Bertz CT molecular complexity index is 91.0. The first-order valence-electron chi connectivity index (χ1n) is 4.50. The third-order valence-corrected chi connectivity index (χ3v) is 2.45. The highest BCUT2D eigenvalue weighted by Gasteiger charge is 2.00. The third kappa shape index (κ3) is 6.49. The van der Waals surface area contributed by atoms with Gasteiger partial charge < -0.3 is 0 Å². The van der Waals surface area contributed by atoms with E-state index < -0.39 is 0 Å². The van der Waals surface area contributed by atoms with Crippen molar-refractivity contribution < 1.29 is 0 Å². The molecule has 0 bridgehead atoms. The van der Waals surface area contributed by atoms with Crippen molar-refractivity contribution in [3.05, 3.63) is 12.2 Å². The molecule has 0 aromatic rings. The van der Waals surface area contributed by atoms with Crippen LogP contribution in [0.3, 0.4) is 0 Å². The maximum absolute atomic E-state index is 2.38. The van der Waals surface area contributed by atoms with Crippen molar-refractivity contribution in [2.24, 2.45) is 5.92 Å². The van der Waals surface area contributed by atoms with Gasteiger partial charge in [0.15, 0.2) is 0 Å². The SMILES string of the molecule is CC/C=C\C(CCC)CSC. The van der Waals surface area contributed by atoms with E-state index in [2.05, 4.69) is 32.3 Å². The van der Waals surface area contributed by atoms with Gasteiger partial charge in [0.25, 0.3) is 0 Å². The monoisotopic (exact) mass is 172 g/mol. The summed E-state index contributed by atoms with van der Waals surface area (Å²) in [6, 6.07) is 0. The lowest BCUT2D eigenvalue weighted by molar-refractivity contribution is 0.642. The van der Waals surface area contributed by atoms with E-state index >= 15 is 0 Å². The summed E-state index contributed by atoms with van der Waals surface area (Å²) in [4.78, 5) is 0. The van der Waals surface area contributed by atoms with E-state index in [0.717, 1.165) is 5.92 Å². The van der Waals surface area contributed by atoms with Gasteiger partial charge in [0.2, 0.25) is 0 Å². The molecule has 0 aliphatic heterocycles. The van der Waals surface area contributed by atoms with Gasteiger partial charge in [0.05, 0.1) is 0 Å². The average Bonchev–Trinajstić information content (AvgIpc) is 2.01. The first-order chi connectivity index (χ1) is 5.35. The van der Waals surface area contributed by atoms with Crippen molar-refractivity contribution in [2.75, 3.05) is 12.0 Å². The molecule has 0 radical (unpaired) electrons. The quantitative estimate of drug-likeness (QED) is 0.550. The van der Waals surface area contributed by atoms with Crippen LogP contribution in [0.5, 0.6) is 0 Å². The summed E-state index contributed by atoms with van der Waals surface area (Å²) in [5.74, 6) is 2.10. The molecule has 1 unspecified atom stereocenters. The lowest BCUT2D eigenvalue weighted by Gasteiger charge is -2.08. The van der Waals surface area contributed by atoms with Crippen LogP contribution in [0, 0.1) is 5.92 Å². The minimum atomic E-state index is 0.815. The fourth-order valence-corrected chi connectivity index (χ4v) is 1.85. The minimum Gasteiger partial charge on any atom is -0.165 e.